The topological polar surface area (TPSA) is 15.6 Å². The zero-order chi connectivity index (χ0) is 16.4. The first-order valence-electron chi connectivity index (χ1n) is 7.94. The fraction of sp³-hybridized carbons (Fsp3) is 0.190. The number of benzene rings is 2. The number of hydrogen-bond acceptors (Lipinski definition) is 2. The molecule has 0 saturated carbocycles. The van der Waals surface area contributed by atoms with E-state index in [9.17, 15) is 0 Å². The maximum atomic E-state index is 5.01. The molecule has 1 aliphatic heterocycles. The molecule has 116 valence electrons. The summed E-state index contributed by atoms with van der Waals surface area (Å²) in [6, 6.07) is 20.7. The Morgan fingerprint density at radius 1 is 0.652 bits per heavy atom. The molecule has 2 aromatic carbocycles. The van der Waals surface area contributed by atoms with Gasteiger partial charge >= 0.3 is 0 Å². The van der Waals surface area contributed by atoms with Crippen LogP contribution < -0.4 is 5.01 Å². The number of hydrazone groups is 1. The third-order valence-corrected chi connectivity index (χ3v) is 4.59. The zero-order valence-electron chi connectivity index (χ0n) is 14.2. The second kappa shape index (κ2) is 6.25. The Morgan fingerprint density at radius 3 is 1.83 bits per heavy atom. The molecule has 0 unspecified atom stereocenters. The van der Waals surface area contributed by atoms with Gasteiger partial charge in [0.2, 0.25) is 0 Å². The molecule has 23 heavy (non-hydrogen) atoms. The van der Waals surface area contributed by atoms with Crippen LogP contribution in [0.3, 0.4) is 0 Å². The lowest BCUT2D eigenvalue weighted by molar-refractivity contribution is 0.979. The van der Waals surface area contributed by atoms with Crippen LogP contribution in [0.2, 0.25) is 0 Å². The molecule has 2 aromatic rings. The van der Waals surface area contributed by atoms with Gasteiger partial charge in [-0.3, -0.25) is 0 Å². The van der Waals surface area contributed by atoms with Crippen molar-refractivity contribution in [3.8, 4) is 0 Å². The summed E-state index contributed by atoms with van der Waals surface area (Å²) >= 11 is 0. The number of allylic oxidation sites excluding steroid dienone is 4. The largest absolute Gasteiger partial charge is 0.237 e. The monoisotopic (exact) mass is 302 g/mol. The summed E-state index contributed by atoms with van der Waals surface area (Å²) in [5.41, 5.74) is 8.23. The molecular formula is C21H22N2. The Morgan fingerprint density at radius 2 is 1.22 bits per heavy atom. The van der Waals surface area contributed by atoms with Crippen LogP contribution in [0.5, 0.6) is 0 Å². The van der Waals surface area contributed by atoms with Crippen molar-refractivity contribution >= 4 is 11.4 Å². The summed E-state index contributed by atoms with van der Waals surface area (Å²) in [5, 5.41) is 7.07. The molecule has 1 aliphatic rings. The van der Waals surface area contributed by atoms with Gasteiger partial charge in [-0.15, -0.1) is 0 Å². The van der Waals surface area contributed by atoms with E-state index in [2.05, 4.69) is 69.1 Å². The zero-order valence-corrected chi connectivity index (χ0v) is 14.2. The highest BCUT2D eigenvalue weighted by atomic mass is 15.5. The fourth-order valence-electron chi connectivity index (χ4n) is 2.83. The van der Waals surface area contributed by atoms with Gasteiger partial charge in [0.25, 0.3) is 0 Å². The summed E-state index contributed by atoms with van der Waals surface area (Å²) in [7, 11) is 0. The SMILES string of the molecule is CC1=C(C)C(C)=C(C)N(c2ccccc2)N=C1c1ccccc1. The van der Waals surface area contributed by atoms with Gasteiger partial charge in [0.1, 0.15) is 0 Å². The summed E-state index contributed by atoms with van der Waals surface area (Å²) in [6.07, 6.45) is 0. The molecule has 0 spiro atoms. The summed E-state index contributed by atoms with van der Waals surface area (Å²) in [5.74, 6) is 0. The highest BCUT2D eigenvalue weighted by Gasteiger charge is 2.20. The maximum absolute atomic E-state index is 5.01. The lowest BCUT2D eigenvalue weighted by Gasteiger charge is -2.21. The van der Waals surface area contributed by atoms with E-state index in [1.807, 2.05) is 24.3 Å². The molecule has 1 heterocycles. The van der Waals surface area contributed by atoms with Gasteiger partial charge in [-0.1, -0.05) is 48.5 Å². The predicted molar refractivity (Wildman–Crippen MR) is 98.6 cm³/mol. The molecule has 0 N–H and O–H groups in total. The van der Waals surface area contributed by atoms with E-state index in [1.165, 1.54) is 22.4 Å². The average molecular weight is 302 g/mol. The van der Waals surface area contributed by atoms with E-state index < -0.39 is 0 Å². The first kappa shape index (κ1) is 15.3. The van der Waals surface area contributed by atoms with E-state index in [-0.39, 0.29) is 0 Å². The van der Waals surface area contributed by atoms with Crippen molar-refractivity contribution in [2.24, 2.45) is 5.10 Å². The van der Waals surface area contributed by atoms with Crippen molar-refractivity contribution in [3.05, 3.63) is 88.6 Å². The Bertz CT molecular complexity index is 796. The normalized spacial score (nSPS) is 15.7. The van der Waals surface area contributed by atoms with E-state index in [1.54, 1.807) is 0 Å². The third kappa shape index (κ3) is 2.85. The lowest BCUT2D eigenvalue weighted by atomic mass is 9.96. The van der Waals surface area contributed by atoms with Gasteiger partial charge in [-0.25, -0.2) is 5.01 Å². The van der Waals surface area contributed by atoms with Crippen LogP contribution in [-0.4, -0.2) is 5.71 Å². The van der Waals surface area contributed by atoms with Gasteiger partial charge in [0, 0.05) is 11.3 Å². The number of nitrogens with zero attached hydrogens (tertiary/aromatic N) is 2. The van der Waals surface area contributed by atoms with E-state index >= 15 is 0 Å². The van der Waals surface area contributed by atoms with Gasteiger partial charge in [0.05, 0.1) is 11.4 Å². The summed E-state index contributed by atoms with van der Waals surface area (Å²) in [6.45, 7) is 8.65. The molecule has 0 saturated heterocycles. The van der Waals surface area contributed by atoms with E-state index in [4.69, 9.17) is 5.10 Å². The quantitative estimate of drug-likeness (QED) is 0.711. The minimum absolute atomic E-state index is 1.03. The molecule has 0 fully saturated rings. The second-order valence-electron chi connectivity index (χ2n) is 5.92. The molecule has 0 aromatic heterocycles. The van der Waals surface area contributed by atoms with Gasteiger partial charge in [-0.2, -0.15) is 5.10 Å². The third-order valence-electron chi connectivity index (χ3n) is 4.59. The van der Waals surface area contributed by atoms with E-state index in [0.29, 0.717) is 0 Å². The second-order valence-corrected chi connectivity index (χ2v) is 5.92. The number of rotatable bonds is 2. The summed E-state index contributed by atoms with van der Waals surface area (Å²) < 4.78 is 0. The smallest absolute Gasteiger partial charge is 0.0944 e. The Labute approximate surface area is 138 Å². The Kier molecular flexibility index (Phi) is 4.16. The fourth-order valence-corrected chi connectivity index (χ4v) is 2.83. The number of anilines is 1. The number of para-hydroxylation sites is 1. The highest BCUT2D eigenvalue weighted by molar-refractivity contribution is 6.13. The van der Waals surface area contributed by atoms with Gasteiger partial charge < -0.3 is 0 Å². The minimum atomic E-state index is 1.03. The molecule has 3 rings (SSSR count). The Hall–Kier alpha value is -2.61. The molecule has 2 heteroatoms. The van der Waals surface area contributed by atoms with Crippen LogP contribution in [0.25, 0.3) is 0 Å². The van der Waals surface area contributed by atoms with Crippen LogP contribution in [-0.2, 0) is 0 Å². The molecule has 0 atom stereocenters. The van der Waals surface area contributed by atoms with Crippen LogP contribution in [0.15, 0.2) is 88.2 Å². The first-order chi connectivity index (χ1) is 11.1. The van der Waals surface area contributed by atoms with Crippen molar-refractivity contribution in [2.45, 2.75) is 27.7 Å². The number of hydrogen-bond donors (Lipinski definition) is 0. The average Bonchev–Trinajstić information content (AvgIpc) is 2.69. The van der Waals surface area contributed by atoms with Crippen molar-refractivity contribution in [1.82, 2.24) is 0 Å². The molecule has 0 bridgehead atoms. The van der Waals surface area contributed by atoms with Crippen LogP contribution in [0.4, 0.5) is 5.69 Å². The predicted octanol–water partition coefficient (Wildman–Crippen LogP) is 5.54. The molecule has 0 radical (unpaired) electrons. The molecule has 0 amide bonds. The van der Waals surface area contributed by atoms with Crippen molar-refractivity contribution in [1.29, 1.82) is 0 Å². The van der Waals surface area contributed by atoms with Crippen molar-refractivity contribution in [3.63, 3.8) is 0 Å². The molecular weight excluding hydrogens is 280 g/mol. The standard InChI is InChI=1S/C21H22N2/c1-15-16(2)18(4)23(20-13-9-6-10-14-20)22-21(17(15)3)19-11-7-5-8-12-19/h5-14H,1-4H3. The highest BCUT2D eigenvalue weighted by Crippen LogP contribution is 2.30. The molecule has 2 nitrogen and oxygen atoms in total. The lowest BCUT2D eigenvalue weighted by Crippen LogP contribution is -2.17. The summed E-state index contributed by atoms with van der Waals surface area (Å²) in [4.78, 5) is 0. The Balaban J connectivity index is 2.22. The van der Waals surface area contributed by atoms with Gasteiger partial charge in [-0.05, 0) is 56.5 Å². The van der Waals surface area contributed by atoms with Crippen molar-refractivity contribution in [2.75, 3.05) is 5.01 Å². The van der Waals surface area contributed by atoms with E-state index in [0.717, 1.165) is 17.0 Å². The first-order valence-corrected chi connectivity index (χ1v) is 7.94. The van der Waals surface area contributed by atoms with Crippen LogP contribution in [0, 0.1) is 0 Å². The maximum Gasteiger partial charge on any atom is 0.0944 e. The van der Waals surface area contributed by atoms with Crippen LogP contribution >= 0.6 is 0 Å². The van der Waals surface area contributed by atoms with Crippen molar-refractivity contribution < 1.29 is 0 Å². The minimum Gasteiger partial charge on any atom is -0.237 e. The molecule has 0 aliphatic carbocycles. The van der Waals surface area contributed by atoms with Gasteiger partial charge in [0.15, 0.2) is 0 Å². The van der Waals surface area contributed by atoms with Crippen LogP contribution in [0.1, 0.15) is 33.3 Å².